The summed E-state index contributed by atoms with van der Waals surface area (Å²) >= 11 is 0. The van der Waals surface area contributed by atoms with Crippen molar-refractivity contribution in [2.24, 2.45) is 5.73 Å². The number of hydrogen-bond donors (Lipinski definition) is 2. The standard InChI is InChI=1S/C28H37N3O4/c1-19-6-7-24-25(14-19)35-18-28(3,4)31(11-13-34-24)20(2)15-21-16-22-8-10-30(9-5-12-32)26(22)23(17-21)27(29)33/h6-8,10,14,16-17,20,32H,5,9,11-13,15,18H2,1-4H3,(H2,29,33)/t20-/m1/s1. The molecule has 3 N–H and O–H groups in total. The smallest absolute Gasteiger partial charge is 0.250 e. The lowest BCUT2D eigenvalue weighted by Crippen LogP contribution is -2.54. The Bertz CT molecular complexity index is 1200. The van der Waals surface area contributed by atoms with E-state index in [-0.39, 0.29) is 18.2 Å². The third kappa shape index (κ3) is 5.46. The zero-order chi connectivity index (χ0) is 25.2. The number of aromatic nitrogens is 1. The van der Waals surface area contributed by atoms with Crippen molar-refractivity contribution in [3.63, 3.8) is 0 Å². The topological polar surface area (TPSA) is 90.0 Å². The average Bonchev–Trinajstić information content (AvgIpc) is 3.23. The van der Waals surface area contributed by atoms with E-state index in [1.807, 2.05) is 48.0 Å². The molecule has 1 atom stereocenters. The maximum absolute atomic E-state index is 12.4. The van der Waals surface area contributed by atoms with Crippen LogP contribution in [0.25, 0.3) is 10.9 Å². The lowest BCUT2D eigenvalue weighted by molar-refractivity contribution is 0.0332. The molecule has 1 aromatic heterocycles. The molecule has 0 spiro atoms. The second-order valence-electron chi connectivity index (χ2n) is 10.2. The number of carbonyl (C=O) groups is 1. The second-order valence-corrected chi connectivity index (χ2v) is 10.2. The molecule has 0 aliphatic carbocycles. The highest BCUT2D eigenvalue weighted by Crippen LogP contribution is 2.32. The van der Waals surface area contributed by atoms with Gasteiger partial charge in [0, 0.05) is 42.9 Å². The number of amides is 1. The predicted octanol–water partition coefficient (Wildman–Crippen LogP) is 3.91. The Balaban J connectivity index is 1.58. The monoisotopic (exact) mass is 479 g/mol. The summed E-state index contributed by atoms with van der Waals surface area (Å²) in [5, 5.41) is 10.2. The Morgan fingerprint density at radius 3 is 2.71 bits per heavy atom. The molecule has 0 bridgehead atoms. The van der Waals surface area contributed by atoms with Crippen LogP contribution in [0, 0.1) is 6.92 Å². The highest BCUT2D eigenvalue weighted by atomic mass is 16.5. The number of rotatable bonds is 7. The first-order valence-corrected chi connectivity index (χ1v) is 12.3. The fourth-order valence-corrected chi connectivity index (χ4v) is 5.15. The minimum Gasteiger partial charge on any atom is -0.488 e. The number of fused-ring (bicyclic) bond motifs is 2. The maximum Gasteiger partial charge on any atom is 0.250 e. The molecule has 1 amide bonds. The molecule has 2 aromatic carbocycles. The quantitative estimate of drug-likeness (QED) is 0.536. The van der Waals surface area contributed by atoms with E-state index in [0.29, 0.717) is 31.7 Å². The Kier molecular flexibility index (Phi) is 7.38. The highest BCUT2D eigenvalue weighted by molar-refractivity contribution is 6.05. The number of aliphatic hydroxyl groups excluding tert-OH is 1. The molecule has 0 saturated heterocycles. The van der Waals surface area contributed by atoms with E-state index < -0.39 is 5.91 Å². The number of aliphatic hydroxyl groups is 1. The van der Waals surface area contributed by atoms with E-state index in [9.17, 15) is 9.90 Å². The van der Waals surface area contributed by atoms with Crippen LogP contribution >= 0.6 is 0 Å². The number of nitrogens with two attached hydrogens (primary N) is 1. The van der Waals surface area contributed by atoms with Gasteiger partial charge in [0.25, 0.3) is 5.91 Å². The van der Waals surface area contributed by atoms with Crippen LogP contribution in [0.15, 0.2) is 42.6 Å². The number of hydrogen-bond acceptors (Lipinski definition) is 5. The van der Waals surface area contributed by atoms with Gasteiger partial charge in [0.2, 0.25) is 0 Å². The summed E-state index contributed by atoms with van der Waals surface area (Å²) in [5.74, 6) is 1.13. The highest BCUT2D eigenvalue weighted by Gasteiger charge is 2.33. The molecule has 0 fully saturated rings. The molecule has 35 heavy (non-hydrogen) atoms. The van der Waals surface area contributed by atoms with Crippen molar-refractivity contribution in [3.05, 3.63) is 59.3 Å². The van der Waals surface area contributed by atoms with Gasteiger partial charge in [-0.05, 0) is 82.0 Å². The van der Waals surface area contributed by atoms with E-state index >= 15 is 0 Å². The van der Waals surface area contributed by atoms with Gasteiger partial charge in [-0.3, -0.25) is 9.69 Å². The van der Waals surface area contributed by atoms with Crippen LogP contribution in [0.3, 0.4) is 0 Å². The number of nitrogens with zero attached hydrogens (tertiary/aromatic N) is 2. The van der Waals surface area contributed by atoms with Crippen molar-refractivity contribution < 1.29 is 19.4 Å². The SMILES string of the molecule is Cc1ccc2c(c1)OCC(C)(C)N([C@H](C)Cc1cc(C(N)=O)c3c(ccn3CCCO)c1)CCO2. The number of benzene rings is 2. The molecule has 1 aliphatic rings. The molecule has 0 saturated carbocycles. The molecule has 0 unspecified atom stereocenters. The van der Waals surface area contributed by atoms with Crippen molar-refractivity contribution in [1.29, 1.82) is 0 Å². The minimum atomic E-state index is -0.439. The van der Waals surface area contributed by atoms with Crippen LogP contribution in [0.5, 0.6) is 11.5 Å². The average molecular weight is 480 g/mol. The Labute approximate surface area is 207 Å². The van der Waals surface area contributed by atoms with Gasteiger partial charge in [0.15, 0.2) is 11.5 Å². The van der Waals surface area contributed by atoms with Gasteiger partial charge in [0.1, 0.15) is 13.2 Å². The molecule has 1 aliphatic heterocycles. The normalized spacial score (nSPS) is 16.9. The van der Waals surface area contributed by atoms with Crippen molar-refractivity contribution in [2.45, 2.75) is 58.7 Å². The van der Waals surface area contributed by atoms with Crippen molar-refractivity contribution in [3.8, 4) is 11.5 Å². The molecule has 4 rings (SSSR count). The molecular formula is C28H37N3O4. The van der Waals surface area contributed by atoms with Crippen LogP contribution in [0.2, 0.25) is 0 Å². The molecule has 7 heteroatoms. The maximum atomic E-state index is 12.4. The van der Waals surface area contributed by atoms with Gasteiger partial charge in [-0.1, -0.05) is 6.07 Å². The largest absolute Gasteiger partial charge is 0.488 e. The Hall–Kier alpha value is -3.03. The second kappa shape index (κ2) is 10.3. The molecule has 7 nitrogen and oxygen atoms in total. The minimum absolute atomic E-state index is 0.102. The summed E-state index contributed by atoms with van der Waals surface area (Å²) < 4.78 is 14.3. The van der Waals surface area contributed by atoms with Crippen molar-refractivity contribution >= 4 is 16.8 Å². The molecule has 0 radical (unpaired) electrons. The molecule has 188 valence electrons. The summed E-state index contributed by atoms with van der Waals surface area (Å²) in [7, 11) is 0. The Morgan fingerprint density at radius 2 is 1.97 bits per heavy atom. The van der Waals surface area contributed by atoms with Crippen molar-refractivity contribution in [1.82, 2.24) is 9.47 Å². The fourth-order valence-electron chi connectivity index (χ4n) is 5.15. The molecule has 3 aromatic rings. The van der Waals surface area contributed by atoms with E-state index in [0.717, 1.165) is 46.5 Å². The van der Waals surface area contributed by atoms with Gasteiger partial charge < -0.3 is 24.9 Å². The van der Waals surface area contributed by atoms with E-state index in [1.54, 1.807) is 0 Å². The summed E-state index contributed by atoms with van der Waals surface area (Å²) in [4.78, 5) is 14.8. The third-order valence-electron chi connectivity index (χ3n) is 6.85. The number of carbonyl (C=O) groups excluding carboxylic acids is 1. The van der Waals surface area contributed by atoms with Gasteiger partial charge >= 0.3 is 0 Å². The summed E-state index contributed by atoms with van der Waals surface area (Å²) in [5.41, 5.74) is 9.12. The summed E-state index contributed by atoms with van der Waals surface area (Å²) in [6.07, 6.45) is 3.34. The molecular weight excluding hydrogens is 442 g/mol. The van der Waals surface area contributed by atoms with Crippen molar-refractivity contribution in [2.75, 3.05) is 26.4 Å². The fraction of sp³-hybridized carbons (Fsp3) is 0.464. The van der Waals surface area contributed by atoms with E-state index in [2.05, 4.69) is 31.7 Å². The van der Waals surface area contributed by atoms with Gasteiger partial charge in [-0.2, -0.15) is 0 Å². The van der Waals surface area contributed by atoms with Gasteiger partial charge in [-0.15, -0.1) is 0 Å². The third-order valence-corrected chi connectivity index (χ3v) is 6.85. The number of ether oxygens (including phenoxy) is 2. The summed E-state index contributed by atoms with van der Waals surface area (Å²) in [6.45, 7) is 11.2. The van der Waals surface area contributed by atoms with Crippen LogP contribution < -0.4 is 15.2 Å². The first-order valence-electron chi connectivity index (χ1n) is 12.3. The van der Waals surface area contributed by atoms with Gasteiger partial charge in [-0.25, -0.2) is 0 Å². The first kappa shape index (κ1) is 25.1. The lowest BCUT2D eigenvalue weighted by atomic mass is 9.96. The predicted molar refractivity (Wildman–Crippen MR) is 138 cm³/mol. The lowest BCUT2D eigenvalue weighted by Gasteiger charge is -2.41. The first-order chi connectivity index (χ1) is 16.7. The summed E-state index contributed by atoms with van der Waals surface area (Å²) in [6, 6.07) is 12.3. The zero-order valence-electron chi connectivity index (χ0n) is 21.2. The zero-order valence-corrected chi connectivity index (χ0v) is 21.2. The van der Waals surface area contributed by atoms with Crippen LogP contribution in [0.4, 0.5) is 0 Å². The Morgan fingerprint density at radius 1 is 1.17 bits per heavy atom. The van der Waals surface area contributed by atoms with Crippen LogP contribution in [-0.4, -0.2) is 58.4 Å². The number of aryl methyl sites for hydroxylation is 2. The van der Waals surface area contributed by atoms with E-state index in [4.69, 9.17) is 15.2 Å². The van der Waals surface area contributed by atoms with Crippen LogP contribution in [-0.2, 0) is 13.0 Å². The van der Waals surface area contributed by atoms with Crippen LogP contribution in [0.1, 0.15) is 48.7 Å². The molecule has 2 heterocycles. The van der Waals surface area contributed by atoms with Gasteiger partial charge in [0.05, 0.1) is 11.1 Å². The van der Waals surface area contributed by atoms with E-state index in [1.165, 1.54) is 0 Å². The number of primary amides is 1.